The van der Waals surface area contributed by atoms with Crippen molar-refractivity contribution in [3.63, 3.8) is 0 Å². The summed E-state index contributed by atoms with van der Waals surface area (Å²) in [4.78, 5) is 0. The molecule has 4 nitrogen and oxygen atoms in total. The third-order valence-electron chi connectivity index (χ3n) is 33.9. The zero-order chi connectivity index (χ0) is 93.2. The molecule has 8 heteroatoms. The highest BCUT2D eigenvalue weighted by Gasteiger charge is 2.51. The Bertz CT molecular complexity index is 9440. The van der Waals surface area contributed by atoms with E-state index < -0.39 is 0 Å². The molecule has 0 amide bonds. The van der Waals surface area contributed by atoms with Gasteiger partial charge in [-0.2, -0.15) is 0 Å². The molecular formula is C132H96B4N4. The zero-order valence-corrected chi connectivity index (χ0v) is 79.7. The third kappa shape index (κ3) is 11.0. The molecule has 0 radical (unpaired) electrons. The van der Waals surface area contributed by atoms with E-state index >= 15 is 0 Å². The average Bonchev–Trinajstić information content (AvgIpc) is 1.45. The van der Waals surface area contributed by atoms with Crippen molar-refractivity contribution in [1.29, 1.82) is 0 Å². The SMILES string of the molecule is CC1(C)c2cc(-c3ccccc3)ccc2B2c3ccccc3-n3c4ccccc4c4ccc1c2c43.CC1(C)c2ccc(-c3ccccc3)cc2B2c3ccccc3-n3c4ccccc4c4ccc1c2c43.CC1(C)c2cccc(-c3ccccc3)c2B2c3ccccc3-n3c4ccccc4c4ccc1c2c43.CC1(C)c2ccccc2B2c3c(-c4ccccc4)cccc3-n3c4ccccc4c4ccc1c2c43. The lowest BCUT2D eigenvalue weighted by atomic mass is 9.29. The topological polar surface area (TPSA) is 19.7 Å². The van der Waals surface area contributed by atoms with Crippen molar-refractivity contribution in [2.24, 2.45) is 0 Å². The minimum absolute atomic E-state index is 0.0584. The lowest BCUT2D eigenvalue weighted by Crippen LogP contribution is -2.63. The van der Waals surface area contributed by atoms with Crippen LogP contribution < -0.4 is 65.6 Å². The van der Waals surface area contributed by atoms with E-state index in [4.69, 9.17) is 0 Å². The summed E-state index contributed by atoms with van der Waals surface area (Å²) in [6, 6.07) is 162. The number of benzene rings is 20. The first kappa shape index (κ1) is 81.1. The monoisotopic (exact) mass is 1780 g/mol. The van der Waals surface area contributed by atoms with Crippen LogP contribution in [0.5, 0.6) is 0 Å². The van der Waals surface area contributed by atoms with Crippen molar-refractivity contribution < 1.29 is 0 Å². The van der Waals surface area contributed by atoms with Crippen LogP contribution in [0.2, 0.25) is 0 Å². The van der Waals surface area contributed by atoms with Crippen LogP contribution in [-0.2, 0) is 21.7 Å². The number of nitrogens with zero attached hydrogens (tertiary/aromatic N) is 4. The molecule has 0 saturated carbocycles. The van der Waals surface area contributed by atoms with Gasteiger partial charge < -0.3 is 18.3 Å². The summed E-state index contributed by atoms with van der Waals surface area (Å²) < 4.78 is 10.1. The van der Waals surface area contributed by atoms with Gasteiger partial charge in [-0.1, -0.05) is 465 Å². The van der Waals surface area contributed by atoms with E-state index in [-0.39, 0.29) is 48.5 Å². The van der Waals surface area contributed by atoms with Gasteiger partial charge in [0.25, 0.3) is 0 Å². The number of hydrogen-bond acceptors (Lipinski definition) is 0. The van der Waals surface area contributed by atoms with Crippen molar-refractivity contribution in [3.8, 4) is 67.3 Å². The van der Waals surface area contributed by atoms with Crippen LogP contribution in [0, 0.1) is 0 Å². The van der Waals surface area contributed by atoms with Gasteiger partial charge in [0.1, 0.15) is 0 Å². The summed E-state index contributed by atoms with van der Waals surface area (Å²) in [5.41, 5.74) is 54.9. The van der Waals surface area contributed by atoms with Crippen molar-refractivity contribution in [3.05, 3.63) is 481 Å². The van der Waals surface area contributed by atoms with E-state index in [0.29, 0.717) is 0 Å². The molecule has 24 aromatic rings. The molecule has 32 rings (SSSR count). The largest absolute Gasteiger partial charge is 0.310 e. The lowest BCUT2D eigenvalue weighted by molar-refractivity contribution is 0.646. The highest BCUT2D eigenvalue weighted by Crippen LogP contribution is 2.49. The molecule has 0 bridgehead atoms. The van der Waals surface area contributed by atoms with Crippen LogP contribution in [0.4, 0.5) is 0 Å². The van der Waals surface area contributed by atoms with Gasteiger partial charge >= 0.3 is 0 Å². The summed E-state index contributed by atoms with van der Waals surface area (Å²) in [6.45, 7) is 20.1. The second-order valence-corrected chi connectivity index (χ2v) is 42.2. The molecule has 0 atom stereocenters. The molecule has 0 saturated heterocycles. The molecule has 656 valence electrons. The smallest absolute Gasteiger partial charge is 0.248 e. The number of fused-ring (bicyclic) bond motifs is 32. The van der Waals surface area contributed by atoms with Crippen molar-refractivity contribution in [2.45, 2.75) is 77.0 Å². The van der Waals surface area contributed by atoms with Gasteiger partial charge in [-0.05, 0) is 181 Å². The van der Waals surface area contributed by atoms with E-state index in [0.717, 1.165) is 0 Å². The second kappa shape index (κ2) is 29.7. The normalized spacial score (nSPS) is 14.7. The molecule has 8 aliphatic heterocycles. The Morgan fingerprint density at radius 1 is 0.157 bits per heavy atom. The Morgan fingerprint density at radius 2 is 0.436 bits per heavy atom. The first-order valence-corrected chi connectivity index (χ1v) is 50.0. The van der Waals surface area contributed by atoms with Crippen LogP contribution in [0.25, 0.3) is 154 Å². The maximum Gasteiger partial charge on any atom is 0.248 e. The van der Waals surface area contributed by atoms with Crippen molar-refractivity contribution in [2.75, 3.05) is 0 Å². The maximum absolute atomic E-state index is 2.55. The van der Waals surface area contributed by atoms with Crippen LogP contribution >= 0.6 is 0 Å². The quantitative estimate of drug-likeness (QED) is 0.157. The molecule has 140 heavy (non-hydrogen) atoms. The Morgan fingerprint density at radius 3 is 0.886 bits per heavy atom. The molecule has 8 aliphatic rings. The van der Waals surface area contributed by atoms with E-state index in [1.807, 2.05) is 0 Å². The molecule has 20 aromatic carbocycles. The Balaban J connectivity index is 0.0000000896. The first-order chi connectivity index (χ1) is 68.6. The summed E-state index contributed by atoms with van der Waals surface area (Å²) in [7, 11) is 0. The van der Waals surface area contributed by atoms with E-state index in [1.165, 1.54) is 265 Å². The van der Waals surface area contributed by atoms with Gasteiger partial charge in [-0.15, -0.1) is 0 Å². The molecule has 0 aliphatic carbocycles. The third-order valence-corrected chi connectivity index (χ3v) is 33.9. The summed E-state index contributed by atoms with van der Waals surface area (Å²) in [5.74, 6) is 0. The average molecular weight is 1780 g/mol. The highest BCUT2D eigenvalue weighted by atomic mass is 15.0. The summed E-state index contributed by atoms with van der Waals surface area (Å²) in [5, 5.41) is 10.8. The molecule has 12 heterocycles. The van der Waals surface area contributed by atoms with Gasteiger partial charge in [0.15, 0.2) is 0 Å². The van der Waals surface area contributed by atoms with Crippen LogP contribution in [0.15, 0.2) is 437 Å². The Labute approximate surface area is 817 Å². The molecule has 0 fully saturated rings. The molecule has 0 N–H and O–H groups in total. The molecular weight excluding hydrogens is 1680 g/mol. The predicted molar refractivity (Wildman–Crippen MR) is 598 cm³/mol. The first-order valence-electron chi connectivity index (χ1n) is 50.0. The minimum Gasteiger partial charge on any atom is -0.310 e. The Hall–Kier alpha value is -16.1. The van der Waals surface area contributed by atoms with Gasteiger partial charge in [0.2, 0.25) is 26.9 Å². The van der Waals surface area contributed by atoms with Gasteiger partial charge in [-0.25, -0.2) is 0 Å². The van der Waals surface area contributed by atoms with Crippen molar-refractivity contribution in [1.82, 2.24) is 18.3 Å². The van der Waals surface area contributed by atoms with Crippen LogP contribution in [-0.4, -0.2) is 45.1 Å². The number of aromatic nitrogens is 4. The number of hydrogen-bond donors (Lipinski definition) is 0. The Kier molecular flexibility index (Phi) is 17.2. The van der Waals surface area contributed by atoms with Crippen LogP contribution in [0.1, 0.15) is 99.9 Å². The molecule has 4 aromatic heterocycles. The zero-order valence-electron chi connectivity index (χ0n) is 79.7. The minimum atomic E-state index is -0.0896. The number of rotatable bonds is 4. The lowest BCUT2D eigenvalue weighted by Gasteiger charge is -2.42. The van der Waals surface area contributed by atoms with Crippen LogP contribution in [0.3, 0.4) is 0 Å². The maximum atomic E-state index is 2.55. The molecule has 0 spiro atoms. The van der Waals surface area contributed by atoms with Gasteiger partial charge in [0.05, 0.1) is 22.1 Å². The summed E-state index contributed by atoms with van der Waals surface area (Å²) >= 11 is 0. The summed E-state index contributed by atoms with van der Waals surface area (Å²) in [6.07, 6.45) is 0. The predicted octanol–water partition coefficient (Wildman–Crippen LogP) is 23.7. The van der Waals surface area contributed by atoms with Gasteiger partial charge in [-0.3, -0.25) is 0 Å². The van der Waals surface area contributed by atoms with Gasteiger partial charge in [0, 0.05) is 110 Å². The number of para-hydroxylation sites is 7. The molecule has 0 unspecified atom stereocenters. The highest BCUT2D eigenvalue weighted by molar-refractivity contribution is 7.02. The fraction of sp³-hybridized carbons (Fsp3) is 0.0909. The van der Waals surface area contributed by atoms with E-state index in [2.05, 4.69) is 510 Å². The second-order valence-electron chi connectivity index (χ2n) is 42.2. The fourth-order valence-electron chi connectivity index (χ4n) is 27.8. The van der Waals surface area contributed by atoms with E-state index in [9.17, 15) is 0 Å². The van der Waals surface area contributed by atoms with E-state index in [1.54, 1.807) is 0 Å². The van der Waals surface area contributed by atoms with Crippen molar-refractivity contribution >= 4 is 180 Å². The standard InChI is InChI=1S/4C33H24BN/c1-33(2)25-15-7-8-16-27(25)34-30-22(21-11-4-3-5-12-21)14-10-18-29(30)35-28-17-9-6-13-23(28)24-19-20-26(33)31(34)32(24)35;1-33(2)25-15-10-14-22(21-11-4-3-5-12-21)30(25)34-27-16-7-9-18-29(27)35-28-17-8-6-13-23(28)24-19-20-26(33)31(34)32(24)35;1-33(2)25-18-17-24-23-12-6-8-14-29(23)35-30-15-9-7-13-28(30)34(31(25)32(24)35)27-19-16-22(20-26(27)33)21-10-4-3-5-11-21;1-33(2)25-18-16-22(21-10-4-3-5-11-21)20-28(25)34-27-13-7-9-15-30(27)35-29-14-8-6-12-23(29)24-17-19-26(33)31(34)32(24)35/h4*3-20H,1-2H3. The fourth-order valence-corrected chi connectivity index (χ4v) is 27.8.